The monoisotopic (exact) mass is 152 g/mol. The summed E-state index contributed by atoms with van der Waals surface area (Å²) in [5.41, 5.74) is 6.14. The van der Waals surface area contributed by atoms with Gasteiger partial charge in [0.15, 0.2) is 0 Å². The highest BCUT2D eigenvalue weighted by molar-refractivity contribution is 5.00. The molecule has 4 bridgehead atoms. The molecule has 0 aromatic rings. The molecule has 3 unspecified atom stereocenters. The van der Waals surface area contributed by atoms with Crippen molar-refractivity contribution >= 4 is 0 Å². The molecule has 4 rings (SSSR count). The van der Waals surface area contributed by atoms with Gasteiger partial charge >= 0.3 is 0 Å². The van der Waals surface area contributed by atoms with Crippen molar-refractivity contribution in [2.45, 2.75) is 18.9 Å². The summed E-state index contributed by atoms with van der Waals surface area (Å²) in [4.78, 5) is 2.62. The molecule has 5 atom stereocenters. The standard InChI is InChI=1S/C9H16N2/c10-9-7-1-6-2-8(9)5-11(3-6)4-7/h6-9H,1-5,10H2/t6?,7-,8+,9?. The van der Waals surface area contributed by atoms with Gasteiger partial charge in [0, 0.05) is 25.7 Å². The first kappa shape index (κ1) is 6.44. The van der Waals surface area contributed by atoms with Crippen molar-refractivity contribution in [3.63, 3.8) is 0 Å². The molecule has 0 aromatic carbocycles. The third kappa shape index (κ3) is 0.798. The van der Waals surface area contributed by atoms with E-state index in [9.17, 15) is 0 Å². The zero-order valence-electron chi connectivity index (χ0n) is 6.87. The van der Waals surface area contributed by atoms with E-state index >= 15 is 0 Å². The van der Waals surface area contributed by atoms with E-state index in [1.807, 2.05) is 0 Å². The molecule has 1 aliphatic carbocycles. The highest BCUT2D eigenvalue weighted by Gasteiger charge is 2.45. The van der Waals surface area contributed by atoms with E-state index in [4.69, 9.17) is 5.73 Å². The maximum Gasteiger partial charge on any atom is 0.0120 e. The van der Waals surface area contributed by atoms with Crippen LogP contribution in [0.5, 0.6) is 0 Å². The van der Waals surface area contributed by atoms with Crippen molar-refractivity contribution in [3.8, 4) is 0 Å². The largest absolute Gasteiger partial charge is 0.327 e. The first-order chi connectivity index (χ1) is 5.33. The summed E-state index contributed by atoms with van der Waals surface area (Å²) in [6.45, 7) is 3.97. The summed E-state index contributed by atoms with van der Waals surface area (Å²) in [5.74, 6) is 2.70. The number of nitrogens with zero attached hydrogens (tertiary/aromatic N) is 1. The summed E-state index contributed by atoms with van der Waals surface area (Å²) in [5, 5.41) is 0. The smallest absolute Gasteiger partial charge is 0.0120 e. The lowest BCUT2D eigenvalue weighted by Gasteiger charge is -2.54. The van der Waals surface area contributed by atoms with Crippen molar-refractivity contribution < 1.29 is 0 Å². The maximum absolute atomic E-state index is 6.14. The van der Waals surface area contributed by atoms with E-state index in [0.717, 1.165) is 17.8 Å². The minimum Gasteiger partial charge on any atom is -0.327 e. The molecule has 11 heavy (non-hydrogen) atoms. The summed E-state index contributed by atoms with van der Waals surface area (Å²) >= 11 is 0. The minimum absolute atomic E-state index is 0.544. The minimum atomic E-state index is 0.544. The molecule has 2 N–H and O–H groups in total. The van der Waals surface area contributed by atoms with Gasteiger partial charge in [-0.05, 0) is 30.6 Å². The lowest BCUT2D eigenvalue weighted by molar-refractivity contribution is -0.0328. The fourth-order valence-electron chi connectivity index (χ4n) is 3.45. The Morgan fingerprint density at radius 2 is 1.64 bits per heavy atom. The molecule has 0 amide bonds. The van der Waals surface area contributed by atoms with E-state index < -0.39 is 0 Å². The Balaban J connectivity index is 1.91. The Hall–Kier alpha value is -0.0800. The fourth-order valence-corrected chi connectivity index (χ4v) is 3.45. The van der Waals surface area contributed by atoms with Gasteiger partial charge in [-0.15, -0.1) is 0 Å². The van der Waals surface area contributed by atoms with Crippen LogP contribution in [0.4, 0.5) is 0 Å². The van der Waals surface area contributed by atoms with Gasteiger partial charge in [0.25, 0.3) is 0 Å². The molecule has 0 radical (unpaired) electrons. The van der Waals surface area contributed by atoms with Gasteiger partial charge in [-0.1, -0.05) is 0 Å². The number of nitrogens with two attached hydrogens (primary N) is 1. The van der Waals surface area contributed by atoms with Gasteiger partial charge in [0.2, 0.25) is 0 Å². The molecule has 2 nitrogen and oxygen atoms in total. The fraction of sp³-hybridized carbons (Fsp3) is 1.00. The van der Waals surface area contributed by atoms with Crippen LogP contribution in [0.3, 0.4) is 0 Å². The number of hydrogen-bond donors (Lipinski definition) is 1. The Kier molecular flexibility index (Phi) is 1.16. The summed E-state index contributed by atoms with van der Waals surface area (Å²) < 4.78 is 0. The van der Waals surface area contributed by atoms with Crippen molar-refractivity contribution in [2.24, 2.45) is 23.5 Å². The highest BCUT2D eigenvalue weighted by atomic mass is 15.2. The van der Waals surface area contributed by atoms with Crippen LogP contribution in [0.25, 0.3) is 0 Å². The van der Waals surface area contributed by atoms with Crippen molar-refractivity contribution in [1.29, 1.82) is 0 Å². The van der Waals surface area contributed by atoms with Crippen LogP contribution in [0, 0.1) is 17.8 Å². The van der Waals surface area contributed by atoms with Gasteiger partial charge in [-0.2, -0.15) is 0 Å². The van der Waals surface area contributed by atoms with E-state index in [0.29, 0.717) is 6.04 Å². The summed E-state index contributed by atoms with van der Waals surface area (Å²) in [6.07, 6.45) is 2.85. The molecule has 2 heteroatoms. The second-order valence-electron chi connectivity index (χ2n) is 4.65. The average molecular weight is 152 g/mol. The Bertz CT molecular complexity index is 150. The lowest BCUT2D eigenvalue weighted by atomic mass is 9.65. The predicted molar refractivity (Wildman–Crippen MR) is 44.1 cm³/mol. The number of piperidine rings is 3. The molecule has 4 aliphatic rings. The SMILES string of the molecule is NC1[C@@H]2CC3C[C@H]1CN(C3)C2. The molecule has 0 aromatic heterocycles. The van der Waals surface area contributed by atoms with Crippen LogP contribution in [-0.2, 0) is 0 Å². The molecule has 0 spiro atoms. The zero-order valence-corrected chi connectivity index (χ0v) is 6.87. The molecular weight excluding hydrogens is 136 g/mol. The van der Waals surface area contributed by atoms with Crippen LogP contribution in [-0.4, -0.2) is 30.6 Å². The number of hydrogen-bond acceptors (Lipinski definition) is 2. The van der Waals surface area contributed by atoms with Crippen LogP contribution in [0.15, 0.2) is 0 Å². The first-order valence-electron chi connectivity index (χ1n) is 4.81. The first-order valence-corrected chi connectivity index (χ1v) is 4.81. The van der Waals surface area contributed by atoms with Gasteiger partial charge in [0.1, 0.15) is 0 Å². The summed E-state index contributed by atoms with van der Waals surface area (Å²) in [7, 11) is 0. The zero-order chi connectivity index (χ0) is 7.42. The third-order valence-electron chi connectivity index (χ3n) is 3.86. The molecular formula is C9H16N2. The second kappa shape index (κ2) is 1.99. The van der Waals surface area contributed by atoms with E-state index in [1.165, 1.54) is 32.5 Å². The summed E-state index contributed by atoms with van der Waals surface area (Å²) in [6, 6.07) is 0.544. The topological polar surface area (TPSA) is 29.3 Å². The molecule has 3 saturated heterocycles. The van der Waals surface area contributed by atoms with Gasteiger partial charge < -0.3 is 10.6 Å². The normalized spacial score (nSPS) is 60.3. The van der Waals surface area contributed by atoms with Crippen LogP contribution >= 0.6 is 0 Å². The molecule has 62 valence electrons. The highest BCUT2D eigenvalue weighted by Crippen LogP contribution is 2.42. The third-order valence-corrected chi connectivity index (χ3v) is 3.86. The second-order valence-corrected chi connectivity index (χ2v) is 4.65. The van der Waals surface area contributed by atoms with Crippen LogP contribution in [0.1, 0.15) is 12.8 Å². The predicted octanol–water partition coefficient (Wildman–Crippen LogP) is 0.285. The lowest BCUT2D eigenvalue weighted by Crippen LogP contribution is -2.62. The number of rotatable bonds is 0. The van der Waals surface area contributed by atoms with E-state index in [-0.39, 0.29) is 0 Å². The van der Waals surface area contributed by atoms with E-state index in [1.54, 1.807) is 0 Å². The molecule has 4 fully saturated rings. The van der Waals surface area contributed by atoms with Crippen molar-refractivity contribution in [2.75, 3.05) is 19.6 Å². The molecule has 1 saturated carbocycles. The van der Waals surface area contributed by atoms with Gasteiger partial charge in [-0.25, -0.2) is 0 Å². The Labute approximate surface area is 67.7 Å². The van der Waals surface area contributed by atoms with Gasteiger partial charge in [0.05, 0.1) is 0 Å². The maximum atomic E-state index is 6.14. The van der Waals surface area contributed by atoms with E-state index in [2.05, 4.69) is 4.90 Å². The van der Waals surface area contributed by atoms with Crippen LogP contribution in [0.2, 0.25) is 0 Å². The van der Waals surface area contributed by atoms with Crippen molar-refractivity contribution in [3.05, 3.63) is 0 Å². The molecule has 3 aliphatic heterocycles. The quantitative estimate of drug-likeness (QED) is 0.540. The Morgan fingerprint density at radius 1 is 1.00 bits per heavy atom. The van der Waals surface area contributed by atoms with Crippen molar-refractivity contribution in [1.82, 2.24) is 4.90 Å². The molecule has 3 heterocycles. The Morgan fingerprint density at radius 3 is 2.18 bits per heavy atom. The van der Waals surface area contributed by atoms with Crippen LogP contribution < -0.4 is 5.73 Å². The average Bonchev–Trinajstić information content (AvgIpc) is 1.98. The van der Waals surface area contributed by atoms with Gasteiger partial charge in [-0.3, -0.25) is 0 Å².